The molecule has 1 fully saturated rings. The normalized spacial score (nSPS) is 17.9. The Kier molecular flexibility index (Phi) is 6.01. The summed E-state index contributed by atoms with van der Waals surface area (Å²) in [6.07, 6.45) is 7.25. The minimum Gasteiger partial charge on any atom is -0.355 e. The summed E-state index contributed by atoms with van der Waals surface area (Å²) in [7, 11) is 0. The van der Waals surface area contributed by atoms with Crippen LogP contribution in [-0.2, 0) is 11.2 Å². The van der Waals surface area contributed by atoms with Gasteiger partial charge in [-0.1, -0.05) is 30.3 Å². The standard InChI is InChI=1S/C19H26N4O/c24-19(8-4-5-16-13-21-22-14-16)20-10-12-23-11-9-18(15-23)17-6-2-1-3-7-17/h1-3,6-7,13-14,18H,4-5,8-12,15H2,(H,20,24)(H,21,22)/t18-/m0/s1. The lowest BCUT2D eigenvalue weighted by Crippen LogP contribution is -2.33. The highest BCUT2D eigenvalue weighted by atomic mass is 16.1. The fourth-order valence-electron chi connectivity index (χ4n) is 3.34. The fourth-order valence-corrected chi connectivity index (χ4v) is 3.34. The third kappa shape index (κ3) is 4.93. The summed E-state index contributed by atoms with van der Waals surface area (Å²) in [5, 5.41) is 9.74. The average molecular weight is 326 g/mol. The van der Waals surface area contributed by atoms with Crippen molar-refractivity contribution in [2.45, 2.75) is 31.6 Å². The molecular weight excluding hydrogens is 300 g/mol. The molecule has 24 heavy (non-hydrogen) atoms. The van der Waals surface area contributed by atoms with E-state index in [1.165, 1.54) is 12.0 Å². The summed E-state index contributed by atoms with van der Waals surface area (Å²) in [6.45, 7) is 3.90. The molecule has 0 aliphatic carbocycles. The van der Waals surface area contributed by atoms with Gasteiger partial charge in [0.05, 0.1) is 6.20 Å². The van der Waals surface area contributed by atoms with Gasteiger partial charge in [0.25, 0.3) is 0 Å². The van der Waals surface area contributed by atoms with Crippen molar-refractivity contribution in [1.29, 1.82) is 0 Å². The summed E-state index contributed by atoms with van der Waals surface area (Å²) >= 11 is 0. The van der Waals surface area contributed by atoms with E-state index in [0.717, 1.165) is 44.6 Å². The highest BCUT2D eigenvalue weighted by Gasteiger charge is 2.23. The number of carbonyl (C=O) groups excluding carboxylic acids is 1. The number of rotatable bonds is 8. The Labute approximate surface area is 143 Å². The van der Waals surface area contributed by atoms with Gasteiger partial charge < -0.3 is 10.2 Å². The van der Waals surface area contributed by atoms with Gasteiger partial charge in [0.2, 0.25) is 5.91 Å². The first-order chi connectivity index (χ1) is 11.8. The molecule has 128 valence electrons. The number of H-pyrrole nitrogens is 1. The van der Waals surface area contributed by atoms with Gasteiger partial charge in [-0.05, 0) is 42.9 Å². The fraction of sp³-hybridized carbons (Fsp3) is 0.474. The minimum atomic E-state index is 0.150. The second-order valence-corrected chi connectivity index (χ2v) is 6.51. The zero-order valence-electron chi connectivity index (χ0n) is 14.1. The van der Waals surface area contributed by atoms with Crippen molar-refractivity contribution in [2.24, 2.45) is 0 Å². The molecule has 2 aromatic rings. The smallest absolute Gasteiger partial charge is 0.220 e. The van der Waals surface area contributed by atoms with E-state index in [2.05, 4.69) is 50.7 Å². The Bertz CT molecular complexity index is 612. The van der Waals surface area contributed by atoms with E-state index in [1.54, 1.807) is 0 Å². The maximum atomic E-state index is 11.9. The van der Waals surface area contributed by atoms with E-state index in [1.807, 2.05) is 12.4 Å². The molecule has 1 amide bonds. The quantitative estimate of drug-likeness (QED) is 0.783. The average Bonchev–Trinajstić information content (AvgIpc) is 3.28. The maximum absolute atomic E-state index is 11.9. The zero-order chi connectivity index (χ0) is 16.6. The van der Waals surface area contributed by atoms with Crippen LogP contribution in [0.4, 0.5) is 0 Å². The summed E-state index contributed by atoms with van der Waals surface area (Å²) in [5.74, 6) is 0.786. The van der Waals surface area contributed by atoms with Crippen LogP contribution in [-0.4, -0.2) is 47.2 Å². The third-order valence-corrected chi connectivity index (χ3v) is 4.72. The van der Waals surface area contributed by atoms with Gasteiger partial charge in [0, 0.05) is 32.3 Å². The number of carbonyl (C=O) groups is 1. The number of aryl methyl sites for hydroxylation is 1. The molecule has 1 saturated heterocycles. The molecule has 2 N–H and O–H groups in total. The monoisotopic (exact) mass is 326 g/mol. The predicted octanol–water partition coefficient (Wildman–Crippen LogP) is 2.34. The highest BCUT2D eigenvalue weighted by molar-refractivity contribution is 5.75. The largest absolute Gasteiger partial charge is 0.355 e. The van der Waals surface area contributed by atoms with Crippen LogP contribution in [0.3, 0.4) is 0 Å². The molecule has 0 spiro atoms. The molecule has 1 aliphatic heterocycles. The Morgan fingerprint density at radius 3 is 3.00 bits per heavy atom. The van der Waals surface area contributed by atoms with Crippen molar-refractivity contribution in [3.63, 3.8) is 0 Å². The number of hydrogen-bond acceptors (Lipinski definition) is 3. The first-order valence-electron chi connectivity index (χ1n) is 8.83. The maximum Gasteiger partial charge on any atom is 0.220 e. The molecular formula is C19H26N4O. The lowest BCUT2D eigenvalue weighted by atomic mass is 9.99. The van der Waals surface area contributed by atoms with Crippen molar-refractivity contribution >= 4 is 5.91 Å². The first-order valence-corrected chi connectivity index (χ1v) is 8.83. The molecule has 0 radical (unpaired) electrons. The minimum absolute atomic E-state index is 0.150. The van der Waals surface area contributed by atoms with Gasteiger partial charge in [-0.25, -0.2) is 0 Å². The number of amides is 1. The van der Waals surface area contributed by atoms with Crippen molar-refractivity contribution in [3.8, 4) is 0 Å². The summed E-state index contributed by atoms with van der Waals surface area (Å²) < 4.78 is 0. The van der Waals surface area contributed by atoms with Gasteiger partial charge >= 0.3 is 0 Å². The van der Waals surface area contributed by atoms with E-state index in [9.17, 15) is 4.79 Å². The van der Waals surface area contributed by atoms with Crippen molar-refractivity contribution < 1.29 is 4.79 Å². The molecule has 1 atom stereocenters. The van der Waals surface area contributed by atoms with Crippen LogP contribution in [0.15, 0.2) is 42.7 Å². The van der Waals surface area contributed by atoms with Gasteiger partial charge in [0.15, 0.2) is 0 Å². The van der Waals surface area contributed by atoms with Crippen molar-refractivity contribution in [2.75, 3.05) is 26.2 Å². The summed E-state index contributed by atoms with van der Waals surface area (Å²) in [5.41, 5.74) is 2.59. The molecule has 2 heterocycles. The van der Waals surface area contributed by atoms with Gasteiger partial charge in [0.1, 0.15) is 0 Å². The predicted molar refractivity (Wildman–Crippen MR) is 94.8 cm³/mol. The number of nitrogens with zero attached hydrogens (tertiary/aromatic N) is 2. The van der Waals surface area contributed by atoms with Gasteiger partial charge in [-0.2, -0.15) is 5.10 Å². The number of nitrogens with one attached hydrogen (secondary N) is 2. The molecule has 5 heteroatoms. The number of benzene rings is 1. The van der Waals surface area contributed by atoms with Crippen LogP contribution < -0.4 is 5.32 Å². The van der Waals surface area contributed by atoms with Crippen LogP contribution in [0.5, 0.6) is 0 Å². The van der Waals surface area contributed by atoms with Crippen LogP contribution in [0.2, 0.25) is 0 Å². The lowest BCUT2D eigenvalue weighted by molar-refractivity contribution is -0.121. The molecule has 3 rings (SSSR count). The molecule has 1 aromatic carbocycles. The summed E-state index contributed by atoms with van der Waals surface area (Å²) in [4.78, 5) is 14.3. The van der Waals surface area contributed by atoms with Crippen LogP contribution >= 0.6 is 0 Å². The Morgan fingerprint density at radius 1 is 1.33 bits per heavy atom. The lowest BCUT2D eigenvalue weighted by Gasteiger charge is -2.16. The number of aromatic nitrogens is 2. The molecule has 0 bridgehead atoms. The third-order valence-electron chi connectivity index (χ3n) is 4.72. The molecule has 0 unspecified atom stereocenters. The topological polar surface area (TPSA) is 61.0 Å². The molecule has 5 nitrogen and oxygen atoms in total. The number of likely N-dealkylation sites (tertiary alicyclic amines) is 1. The first kappa shape index (κ1) is 16.7. The molecule has 0 saturated carbocycles. The van der Waals surface area contributed by atoms with E-state index in [-0.39, 0.29) is 5.91 Å². The van der Waals surface area contributed by atoms with E-state index in [0.29, 0.717) is 12.3 Å². The van der Waals surface area contributed by atoms with Crippen LogP contribution in [0, 0.1) is 0 Å². The van der Waals surface area contributed by atoms with Crippen LogP contribution in [0.25, 0.3) is 0 Å². The Hall–Kier alpha value is -2.14. The molecule has 1 aliphatic rings. The van der Waals surface area contributed by atoms with Crippen LogP contribution in [0.1, 0.15) is 36.3 Å². The number of hydrogen-bond donors (Lipinski definition) is 2. The second-order valence-electron chi connectivity index (χ2n) is 6.51. The van der Waals surface area contributed by atoms with Gasteiger partial charge in [-0.3, -0.25) is 9.89 Å². The van der Waals surface area contributed by atoms with E-state index in [4.69, 9.17) is 0 Å². The Balaban J connectivity index is 1.29. The van der Waals surface area contributed by atoms with Crippen molar-refractivity contribution in [3.05, 3.63) is 53.9 Å². The number of aromatic amines is 1. The van der Waals surface area contributed by atoms with Crippen molar-refractivity contribution in [1.82, 2.24) is 20.4 Å². The zero-order valence-corrected chi connectivity index (χ0v) is 14.1. The molecule has 1 aromatic heterocycles. The highest BCUT2D eigenvalue weighted by Crippen LogP contribution is 2.26. The second kappa shape index (κ2) is 8.64. The van der Waals surface area contributed by atoms with E-state index < -0.39 is 0 Å². The SMILES string of the molecule is O=C(CCCc1cn[nH]c1)NCCN1CC[C@H](c2ccccc2)C1. The summed E-state index contributed by atoms with van der Waals surface area (Å²) in [6, 6.07) is 10.7. The Morgan fingerprint density at radius 2 is 2.21 bits per heavy atom. The van der Waals surface area contributed by atoms with E-state index >= 15 is 0 Å². The van der Waals surface area contributed by atoms with Gasteiger partial charge in [-0.15, -0.1) is 0 Å².